The topological polar surface area (TPSA) is 26.0 Å². The van der Waals surface area contributed by atoms with Crippen molar-refractivity contribution < 1.29 is 4.39 Å². The molecule has 4 heteroatoms. The van der Waals surface area contributed by atoms with Crippen molar-refractivity contribution in [3.05, 3.63) is 57.5 Å². The van der Waals surface area contributed by atoms with E-state index in [1.54, 1.807) is 11.3 Å². The highest BCUT2D eigenvalue weighted by molar-refractivity contribution is 7.10. The molecule has 0 aliphatic rings. The molecule has 0 saturated heterocycles. The number of benzene rings is 1. The van der Waals surface area contributed by atoms with Gasteiger partial charge >= 0.3 is 0 Å². The van der Waals surface area contributed by atoms with Crippen LogP contribution in [0.25, 0.3) is 0 Å². The molecule has 1 heterocycles. The van der Waals surface area contributed by atoms with Crippen LogP contribution in [-0.2, 0) is 13.0 Å². The van der Waals surface area contributed by atoms with Crippen molar-refractivity contribution in [3.8, 4) is 0 Å². The van der Waals surface area contributed by atoms with Crippen LogP contribution in [0.5, 0.6) is 0 Å². The summed E-state index contributed by atoms with van der Waals surface area (Å²) in [5, 5.41) is 2.04. The molecule has 0 bridgehead atoms. The molecule has 2 rings (SSSR count). The van der Waals surface area contributed by atoms with Crippen LogP contribution in [0.2, 0.25) is 0 Å². The van der Waals surface area contributed by atoms with Crippen molar-refractivity contribution in [2.45, 2.75) is 13.0 Å². The number of nitrogens with two attached hydrogens (primary N) is 1. The lowest BCUT2D eigenvalue weighted by atomic mass is 10.1. The third-order valence-electron chi connectivity index (χ3n) is 2.33. The van der Waals surface area contributed by atoms with Crippen molar-refractivity contribution in [2.75, 3.05) is 0 Å². The number of rotatable bonds is 3. The molecule has 0 unspecified atom stereocenters. The summed E-state index contributed by atoms with van der Waals surface area (Å²) in [5.74, 6) is -0.192. The number of hydrogen-bond acceptors (Lipinski definition) is 2. The van der Waals surface area contributed by atoms with E-state index in [0.29, 0.717) is 6.54 Å². The van der Waals surface area contributed by atoms with E-state index in [9.17, 15) is 4.39 Å². The molecule has 0 saturated carbocycles. The van der Waals surface area contributed by atoms with E-state index in [1.165, 1.54) is 22.6 Å². The van der Waals surface area contributed by atoms with E-state index in [4.69, 9.17) is 5.73 Å². The maximum atomic E-state index is 12.7. The Morgan fingerprint density at radius 2 is 1.81 bits per heavy atom. The highest BCUT2D eigenvalue weighted by Crippen LogP contribution is 2.19. The van der Waals surface area contributed by atoms with E-state index in [-0.39, 0.29) is 18.2 Å². The molecule has 0 aliphatic carbocycles. The molecular weight excluding hydrogens is 245 g/mol. The third-order valence-corrected chi connectivity index (χ3v) is 3.32. The van der Waals surface area contributed by atoms with Gasteiger partial charge in [0.1, 0.15) is 5.82 Å². The first-order chi connectivity index (χ1) is 7.29. The van der Waals surface area contributed by atoms with Crippen LogP contribution in [-0.4, -0.2) is 0 Å². The van der Waals surface area contributed by atoms with Gasteiger partial charge in [-0.2, -0.15) is 0 Å². The van der Waals surface area contributed by atoms with Gasteiger partial charge in [0.15, 0.2) is 0 Å². The first-order valence-corrected chi connectivity index (χ1v) is 5.67. The lowest BCUT2D eigenvalue weighted by Crippen LogP contribution is -1.98. The first-order valence-electron chi connectivity index (χ1n) is 4.79. The quantitative estimate of drug-likeness (QED) is 0.897. The highest BCUT2D eigenvalue weighted by Gasteiger charge is 2.03. The Morgan fingerprint density at radius 1 is 1.12 bits per heavy atom. The summed E-state index contributed by atoms with van der Waals surface area (Å²) in [7, 11) is 0. The third kappa shape index (κ3) is 3.04. The van der Waals surface area contributed by atoms with E-state index in [1.807, 2.05) is 17.5 Å². The van der Waals surface area contributed by atoms with Crippen LogP contribution in [0.1, 0.15) is 16.0 Å². The smallest absolute Gasteiger partial charge is 0.123 e. The fraction of sp³-hybridized carbons (Fsp3) is 0.167. The SMILES string of the molecule is Cl.NCc1sccc1Cc1ccc(F)cc1. The minimum Gasteiger partial charge on any atom is -0.326 e. The van der Waals surface area contributed by atoms with Gasteiger partial charge in [-0.1, -0.05) is 12.1 Å². The van der Waals surface area contributed by atoms with Crippen LogP contribution in [0.4, 0.5) is 4.39 Å². The monoisotopic (exact) mass is 257 g/mol. The lowest BCUT2D eigenvalue weighted by molar-refractivity contribution is 0.627. The zero-order valence-corrected chi connectivity index (χ0v) is 10.3. The van der Waals surface area contributed by atoms with E-state index in [2.05, 4.69) is 6.07 Å². The maximum Gasteiger partial charge on any atom is 0.123 e. The van der Waals surface area contributed by atoms with Crippen LogP contribution in [0.15, 0.2) is 35.7 Å². The summed E-state index contributed by atoms with van der Waals surface area (Å²) >= 11 is 1.67. The molecule has 1 aromatic carbocycles. The van der Waals surface area contributed by atoms with E-state index in [0.717, 1.165) is 12.0 Å². The van der Waals surface area contributed by atoms with Gasteiger partial charge in [-0.25, -0.2) is 4.39 Å². The second-order valence-corrected chi connectivity index (χ2v) is 4.38. The van der Waals surface area contributed by atoms with Crippen molar-refractivity contribution in [1.29, 1.82) is 0 Å². The summed E-state index contributed by atoms with van der Waals surface area (Å²) in [6.07, 6.45) is 0.830. The first kappa shape index (κ1) is 13.2. The Kier molecular flexibility index (Phi) is 4.93. The average Bonchev–Trinajstić information content (AvgIpc) is 2.69. The Bertz CT molecular complexity index is 439. The van der Waals surface area contributed by atoms with Gasteiger partial charge in [0.2, 0.25) is 0 Å². The molecule has 1 aromatic heterocycles. The molecule has 0 spiro atoms. The largest absolute Gasteiger partial charge is 0.326 e. The Hall–Kier alpha value is -0.900. The number of halogens is 2. The maximum absolute atomic E-state index is 12.7. The molecule has 86 valence electrons. The number of hydrogen-bond donors (Lipinski definition) is 1. The fourth-order valence-electron chi connectivity index (χ4n) is 1.53. The van der Waals surface area contributed by atoms with Crippen molar-refractivity contribution in [1.82, 2.24) is 0 Å². The summed E-state index contributed by atoms with van der Waals surface area (Å²) in [6.45, 7) is 0.578. The molecule has 0 aliphatic heterocycles. The summed E-state index contributed by atoms with van der Waals surface area (Å²) in [6, 6.07) is 8.68. The molecule has 0 amide bonds. The van der Waals surface area contributed by atoms with Gasteiger partial charge in [-0.3, -0.25) is 0 Å². The van der Waals surface area contributed by atoms with Crippen molar-refractivity contribution >= 4 is 23.7 Å². The van der Waals surface area contributed by atoms with E-state index < -0.39 is 0 Å². The molecule has 0 radical (unpaired) electrons. The summed E-state index contributed by atoms with van der Waals surface area (Å²) < 4.78 is 12.7. The Morgan fingerprint density at radius 3 is 2.44 bits per heavy atom. The summed E-state index contributed by atoms with van der Waals surface area (Å²) in [5.41, 5.74) is 7.98. The molecule has 2 aromatic rings. The normalized spacial score (nSPS) is 9.88. The Balaban J connectivity index is 0.00000128. The van der Waals surface area contributed by atoms with Gasteiger partial charge in [0.25, 0.3) is 0 Å². The molecule has 0 fully saturated rings. The molecular formula is C12H13ClFNS. The molecule has 16 heavy (non-hydrogen) atoms. The van der Waals surface area contributed by atoms with Gasteiger partial charge in [0, 0.05) is 11.4 Å². The zero-order chi connectivity index (χ0) is 10.7. The van der Waals surface area contributed by atoms with Gasteiger partial charge in [-0.15, -0.1) is 23.7 Å². The van der Waals surface area contributed by atoms with Crippen LogP contribution in [0.3, 0.4) is 0 Å². The number of thiophene rings is 1. The van der Waals surface area contributed by atoms with E-state index >= 15 is 0 Å². The highest BCUT2D eigenvalue weighted by atomic mass is 35.5. The molecule has 0 atom stereocenters. The van der Waals surface area contributed by atoms with Gasteiger partial charge in [0.05, 0.1) is 0 Å². The van der Waals surface area contributed by atoms with Gasteiger partial charge in [-0.05, 0) is 41.1 Å². The summed E-state index contributed by atoms with van der Waals surface area (Å²) in [4.78, 5) is 1.21. The Labute approximate surface area is 105 Å². The van der Waals surface area contributed by atoms with Gasteiger partial charge < -0.3 is 5.73 Å². The lowest BCUT2D eigenvalue weighted by Gasteiger charge is -2.02. The minimum atomic E-state index is -0.192. The molecule has 2 N–H and O–H groups in total. The van der Waals surface area contributed by atoms with Crippen molar-refractivity contribution in [2.24, 2.45) is 5.73 Å². The molecule has 1 nitrogen and oxygen atoms in total. The minimum absolute atomic E-state index is 0. The zero-order valence-electron chi connectivity index (χ0n) is 8.65. The predicted molar refractivity (Wildman–Crippen MR) is 68.7 cm³/mol. The second kappa shape index (κ2) is 5.99. The van der Waals surface area contributed by atoms with Crippen molar-refractivity contribution in [3.63, 3.8) is 0 Å². The second-order valence-electron chi connectivity index (χ2n) is 3.38. The van der Waals surface area contributed by atoms with Crippen LogP contribution >= 0.6 is 23.7 Å². The standard InChI is InChI=1S/C12H12FNS.ClH/c13-11-3-1-9(2-4-11)7-10-5-6-15-12(10)8-14;/h1-6H,7-8,14H2;1H. The fourth-order valence-corrected chi connectivity index (χ4v) is 2.31. The van der Waals surface area contributed by atoms with Crippen LogP contribution < -0.4 is 5.73 Å². The predicted octanol–water partition coefficient (Wildman–Crippen LogP) is 3.36. The average molecular weight is 258 g/mol. The van der Waals surface area contributed by atoms with Crippen LogP contribution in [0, 0.1) is 5.82 Å².